The number of halogens is 3. The zero-order chi connectivity index (χ0) is 15.9. The van der Waals surface area contributed by atoms with E-state index in [-0.39, 0.29) is 6.42 Å². The number of piperidine rings is 1. The summed E-state index contributed by atoms with van der Waals surface area (Å²) in [5.74, 6) is -0.582. The molecule has 0 saturated carbocycles. The number of rotatable bonds is 5. The fourth-order valence-electron chi connectivity index (χ4n) is 2.17. The summed E-state index contributed by atoms with van der Waals surface area (Å²) in [5, 5.41) is 6.65. The molecule has 3 amide bonds. The van der Waals surface area contributed by atoms with Crippen LogP contribution in [0.15, 0.2) is 0 Å². The Hall–Kier alpha value is -1.35. The van der Waals surface area contributed by atoms with Crippen LogP contribution in [0.4, 0.5) is 18.0 Å². The molecule has 1 saturated heterocycles. The summed E-state index contributed by atoms with van der Waals surface area (Å²) in [4.78, 5) is 24.7. The van der Waals surface area contributed by atoms with Crippen molar-refractivity contribution in [2.24, 2.45) is 0 Å². The van der Waals surface area contributed by atoms with E-state index >= 15 is 0 Å². The normalized spacial score (nSPS) is 20.1. The molecule has 0 aromatic carbocycles. The Morgan fingerprint density at radius 2 is 2.05 bits per heavy atom. The summed E-state index contributed by atoms with van der Waals surface area (Å²) >= 11 is 0. The third-order valence-corrected chi connectivity index (χ3v) is 3.27. The first-order valence-corrected chi connectivity index (χ1v) is 6.84. The van der Waals surface area contributed by atoms with Crippen molar-refractivity contribution in [1.82, 2.24) is 20.9 Å². The maximum absolute atomic E-state index is 11.9. The third-order valence-electron chi connectivity index (χ3n) is 3.27. The van der Waals surface area contributed by atoms with E-state index in [1.807, 2.05) is 12.4 Å². The molecule has 1 unspecified atom stereocenters. The monoisotopic (exact) mass is 310 g/mol. The molecule has 0 bridgehead atoms. The minimum Gasteiger partial charge on any atom is -0.329 e. The standard InChI is InChI=1S/C12H21F3N4O2/c1-16-9-3-2-5-19(7-9)6-4-10(20)18-11(21)17-8-12(13,14)15/h9,16H,2-8H2,1H3,(H2,17,18,20,21). The third kappa shape index (κ3) is 7.86. The minimum absolute atomic E-state index is 0.0792. The van der Waals surface area contributed by atoms with Crippen LogP contribution in [0.3, 0.4) is 0 Å². The molecule has 0 aromatic rings. The van der Waals surface area contributed by atoms with Gasteiger partial charge in [-0.25, -0.2) is 4.79 Å². The summed E-state index contributed by atoms with van der Waals surface area (Å²) in [5.41, 5.74) is 0. The van der Waals surface area contributed by atoms with E-state index in [4.69, 9.17) is 0 Å². The highest BCUT2D eigenvalue weighted by molar-refractivity contribution is 5.94. The smallest absolute Gasteiger partial charge is 0.329 e. The zero-order valence-electron chi connectivity index (χ0n) is 11.9. The van der Waals surface area contributed by atoms with Crippen LogP contribution in [0.25, 0.3) is 0 Å². The molecule has 9 heteroatoms. The number of likely N-dealkylation sites (N-methyl/N-ethyl adjacent to an activating group) is 1. The van der Waals surface area contributed by atoms with Crippen molar-refractivity contribution < 1.29 is 22.8 Å². The Kier molecular flexibility index (Phi) is 6.90. The number of nitrogens with zero attached hydrogens (tertiary/aromatic N) is 1. The van der Waals surface area contributed by atoms with Gasteiger partial charge in [0.2, 0.25) is 5.91 Å². The van der Waals surface area contributed by atoms with Crippen molar-refractivity contribution in [2.75, 3.05) is 33.2 Å². The molecular weight excluding hydrogens is 289 g/mol. The van der Waals surface area contributed by atoms with Crippen molar-refractivity contribution in [3.63, 3.8) is 0 Å². The van der Waals surface area contributed by atoms with Gasteiger partial charge in [0.15, 0.2) is 0 Å². The molecule has 1 aliphatic heterocycles. The predicted molar refractivity (Wildman–Crippen MR) is 70.7 cm³/mol. The van der Waals surface area contributed by atoms with Crippen LogP contribution in [0.5, 0.6) is 0 Å². The fourth-order valence-corrected chi connectivity index (χ4v) is 2.17. The van der Waals surface area contributed by atoms with Gasteiger partial charge in [-0.05, 0) is 26.4 Å². The van der Waals surface area contributed by atoms with Crippen LogP contribution in [0.2, 0.25) is 0 Å². The van der Waals surface area contributed by atoms with Gasteiger partial charge in [-0.2, -0.15) is 13.2 Å². The van der Waals surface area contributed by atoms with Gasteiger partial charge in [0, 0.05) is 25.6 Å². The Morgan fingerprint density at radius 3 is 2.67 bits per heavy atom. The van der Waals surface area contributed by atoms with E-state index in [0.29, 0.717) is 12.6 Å². The molecule has 3 N–H and O–H groups in total. The van der Waals surface area contributed by atoms with E-state index in [1.54, 1.807) is 5.32 Å². The van der Waals surface area contributed by atoms with Gasteiger partial charge >= 0.3 is 12.2 Å². The number of nitrogens with one attached hydrogen (secondary N) is 3. The lowest BCUT2D eigenvalue weighted by molar-refractivity contribution is -0.124. The average molecular weight is 310 g/mol. The van der Waals surface area contributed by atoms with Crippen molar-refractivity contribution in [2.45, 2.75) is 31.5 Å². The first-order chi connectivity index (χ1) is 9.80. The number of hydrogen-bond donors (Lipinski definition) is 3. The van der Waals surface area contributed by atoms with Gasteiger partial charge in [0.1, 0.15) is 6.54 Å². The molecule has 0 aliphatic carbocycles. The van der Waals surface area contributed by atoms with Gasteiger partial charge in [-0.15, -0.1) is 0 Å². The summed E-state index contributed by atoms with van der Waals surface area (Å²) in [6, 6.07) is -0.735. The average Bonchev–Trinajstić information content (AvgIpc) is 2.42. The molecule has 6 nitrogen and oxygen atoms in total. The SMILES string of the molecule is CNC1CCCN(CCC(=O)NC(=O)NCC(F)(F)F)C1. The van der Waals surface area contributed by atoms with Gasteiger partial charge in [0.25, 0.3) is 0 Å². The molecule has 0 spiro atoms. The number of carbonyl (C=O) groups excluding carboxylic acids is 2. The zero-order valence-corrected chi connectivity index (χ0v) is 11.9. The fraction of sp³-hybridized carbons (Fsp3) is 0.833. The highest BCUT2D eigenvalue weighted by atomic mass is 19.4. The molecule has 1 atom stereocenters. The molecule has 0 radical (unpaired) electrons. The predicted octanol–water partition coefficient (Wildman–Crippen LogP) is 0.448. The Bertz CT molecular complexity index is 363. The maximum Gasteiger partial charge on any atom is 0.405 e. The molecule has 1 heterocycles. The molecule has 1 fully saturated rings. The van der Waals surface area contributed by atoms with Crippen molar-refractivity contribution in [3.8, 4) is 0 Å². The Labute approximate surface area is 121 Å². The van der Waals surface area contributed by atoms with Gasteiger partial charge in [-0.3, -0.25) is 10.1 Å². The molecule has 21 heavy (non-hydrogen) atoms. The minimum atomic E-state index is -4.49. The summed E-state index contributed by atoms with van der Waals surface area (Å²) < 4.78 is 35.6. The van der Waals surface area contributed by atoms with Gasteiger partial charge < -0.3 is 15.5 Å². The Balaban J connectivity index is 2.20. The molecule has 1 rings (SSSR count). The van der Waals surface area contributed by atoms with Crippen LogP contribution in [0, 0.1) is 0 Å². The summed E-state index contributed by atoms with van der Waals surface area (Å²) in [7, 11) is 1.88. The van der Waals surface area contributed by atoms with Crippen LogP contribution >= 0.6 is 0 Å². The van der Waals surface area contributed by atoms with E-state index in [9.17, 15) is 22.8 Å². The second kappa shape index (κ2) is 8.18. The second-order valence-electron chi connectivity index (χ2n) is 5.02. The lowest BCUT2D eigenvalue weighted by atomic mass is 10.1. The van der Waals surface area contributed by atoms with Crippen LogP contribution in [-0.2, 0) is 4.79 Å². The van der Waals surface area contributed by atoms with Crippen molar-refractivity contribution in [3.05, 3.63) is 0 Å². The first kappa shape index (κ1) is 17.7. The lowest BCUT2D eigenvalue weighted by Crippen LogP contribution is -2.46. The van der Waals surface area contributed by atoms with E-state index in [1.165, 1.54) is 0 Å². The van der Waals surface area contributed by atoms with Crippen LogP contribution < -0.4 is 16.0 Å². The van der Waals surface area contributed by atoms with Crippen LogP contribution in [0.1, 0.15) is 19.3 Å². The number of alkyl halides is 3. The summed E-state index contributed by atoms with van der Waals surface area (Å²) in [6.07, 6.45) is -2.30. The largest absolute Gasteiger partial charge is 0.405 e. The van der Waals surface area contributed by atoms with E-state index in [0.717, 1.165) is 25.9 Å². The molecule has 122 valence electrons. The van der Waals surface area contributed by atoms with E-state index < -0.39 is 24.7 Å². The topological polar surface area (TPSA) is 73.5 Å². The van der Waals surface area contributed by atoms with Crippen molar-refractivity contribution >= 4 is 11.9 Å². The highest BCUT2D eigenvalue weighted by Crippen LogP contribution is 2.12. The maximum atomic E-state index is 11.9. The molecule has 0 aromatic heterocycles. The van der Waals surface area contributed by atoms with Crippen molar-refractivity contribution in [1.29, 1.82) is 0 Å². The van der Waals surface area contributed by atoms with Gasteiger partial charge in [-0.1, -0.05) is 0 Å². The van der Waals surface area contributed by atoms with Crippen LogP contribution in [-0.4, -0.2) is 62.3 Å². The number of hydrogen-bond acceptors (Lipinski definition) is 4. The molecule has 1 aliphatic rings. The summed E-state index contributed by atoms with van der Waals surface area (Å²) in [6.45, 7) is 0.731. The Morgan fingerprint density at radius 1 is 1.33 bits per heavy atom. The first-order valence-electron chi connectivity index (χ1n) is 6.84. The van der Waals surface area contributed by atoms with Gasteiger partial charge in [0.05, 0.1) is 0 Å². The number of carbonyl (C=O) groups is 2. The number of amides is 3. The van der Waals surface area contributed by atoms with E-state index in [2.05, 4.69) is 10.2 Å². The second-order valence-corrected chi connectivity index (χ2v) is 5.02. The number of urea groups is 1. The number of imide groups is 1. The number of likely N-dealkylation sites (tertiary alicyclic amines) is 1. The molecular formula is C12H21F3N4O2. The quantitative estimate of drug-likeness (QED) is 0.689. The lowest BCUT2D eigenvalue weighted by Gasteiger charge is -2.32. The highest BCUT2D eigenvalue weighted by Gasteiger charge is 2.28.